The summed E-state index contributed by atoms with van der Waals surface area (Å²) in [5, 5.41) is 2.17. The molecule has 1 atom stereocenters. The van der Waals surface area contributed by atoms with Gasteiger partial charge in [-0.3, -0.25) is 19.7 Å². The summed E-state index contributed by atoms with van der Waals surface area (Å²) in [7, 11) is 0. The van der Waals surface area contributed by atoms with E-state index in [1.54, 1.807) is 6.92 Å². The van der Waals surface area contributed by atoms with E-state index in [0.29, 0.717) is 5.56 Å². The number of hydrogen-bond donors (Lipinski definition) is 1. The first-order chi connectivity index (χ1) is 8.00. The Balaban J connectivity index is 2.27. The van der Waals surface area contributed by atoms with Gasteiger partial charge in [-0.05, 0) is 28.9 Å². The minimum absolute atomic E-state index is 0.136. The van der Waals surface area contributed by atoms with Crippen LogP contribution in [-0.4, -0.2) is 35.2 Å². The molecule has 0 bridgehead atoms. The summed E-state index contributed by atoms with van der Waals surface area (Å²) in [4.78, 5) is 35.9. The lowest BCUT2D eigenvalue weighted by Crippen LogP contribution is -2.58. The van der Waals surface area contributed by atoms with E-state index in [4.69, 9.17) is 4.42 Å². The van der Waals surface area contributed by atoms with Crippen LogP contribution in [0.25, 0.3) is 0 Å². The van der Waals surface area contributed by atoms with Crippen LogP contribution in [0.3, 0.4) is 0 Å². The first-order valence-electron chi connectivity index (χ1n) is 4.88. The van der Waals surface area contributed by atoms with E-state index in [2.05, 4.69) is 21.2 Å². The van der Waals surface area contributed by atoms with Crippen molar-refractivity contribution in [3.8, 4) is 0 Å². The summed E-state index contributed by atoms with van der Waals surface area (Å²) >= 11 is 3.08. The Bertz CT molecular complexity index is 496. The molecule has 90 valence electrons. The van der Waals surface area contributed by atoms with Crippen LogP contribution in [0.4, 0.5) is 0 Å². The molecular weight excluding hydrogens is 292 g/mol. The smallest absolute Gasteiger partial charge is 0.259 e. The van der Waals surface area contributed by atoms with Crippen LogP contribution in [0.2, 0.25) is 0 Å². The minimum Gasteiger partial charge on any atom is -0.457 e. The first kappa shape index (κ1) is 11.8. The molecule has 0 saturated carbocycles. The largest absolute Gasteiger partial charge is 0.457 e. The number of nitrogens with one attached hydrogen (secondary N) is 1. The van der Waals surface area contributed by atoms with Gasteiger partial charge in [-0.2, -0.15) is 0 Å². The quantitative estimate of drug-likeness (QED) is 0.767. The van der Waals surface area contributed by atoms with Gasteiger partial charge >= 0.3 is 0 Å². The number of furan rings is 1. The van der Waals surface area contributed by atoms with Gasteiger partial charge in [0.2, 0.25) is 11.8 Å². The third kappa shape index (κ3) is 2.10. The number of imide groups is 1. The Morgan fingerprint density at radius 3 is 2.88 bits per heavy atom. The fraction of sp³-hybridized carbons (Fsp3) is 0.300. The number of carbonyl (C=O) groups is 3. The standard InChI is InChI=1S/C10H9BrN2O4/c1-5-9(15)12-7(14)4-13(5)10(16)6-2-3-17-8(6)11/h2-3,5H,4H2,1H3,(H,12,14,15). The van der Waals surface area contributed by atoms with Crippen LogP contribution in [0.1, 0.15) is 17.3 Å². The Hall–Kier alpha value is -1.63. The van der Waals surface area contributed by atoms with Crippen molar-refractivity contribution in [1.82, 2.24) is 10.2 Å². The number of amides is 3. The molecule has 6 nitrogen and oxygen atoms in total. The highest BCUT2D eigenvalue weighted by Gasteiger charge is 2.35. The maximum atomic E-state index is 12.1. The third-order valence-electron chi connectivity index (χ3n) is 2.53. The molecule has 1 N–H and O–H groups in total. The second-order valence-corrected chi connectivity index (χ2v) is 4.35. The molecule has 1 unspecified atom stereocenters. The van der Waals surface area contributed by atoms with Gasteiger partial charge < -0.3 is 9.32 Å². The number of piperazine rings is 1. The summed E-state index contributed by atoms with van der Waals surface area (Å²) in [5.41, 5.74) is 0.291. The monoisotopic (exact) mass is 300 g/mol. The van der Waals surface area contributed by atoms with E-state index in [1.807, 2.05) is 0 Å². The molecule has 2 rings (SSSR count). The average Bonchev–Trinajstić information content (AvgIpc) is 2.69. The van der Waals surface area contributed by atoms with E-state index in [1.165, 1.54) is 17.2 Å². The zero-order valence-corrected chi connectivity index (χ0v) is 10.5. The molecule has 1 aromatic heterocycles. The van der Waals surface area contributed by atoms with Gasteiger partial charge in [0.05, 0.1) is 11.8 Å². The van der Waals surface area contributed by atoms with Gasteiger partial charge in [0, 0.05) is 0 Å². The molecule has 3 amide bonds. The van der Waals surface area contributed by atoms with Crippen molar-refractivity contribution in [3.05, 3.63) is 22.6 Å². The number of hydrogen-bond acceptors (Lipinski definition) is 4. The first-order valence-corrected chi connectivity index (χ1v) is 5.67. The maximum Gasteiger partial charge on any atom is 0.259 e. The Kier molecular flexibility index (Phi) is 3.01. The molecule has 0 spiro atoms. The molecule has 0 aliphatic carbocycles. The third-order valence-corrected chi connectivity index (χ3v) is 3.15. The Morgan fingerprint density at radius 2 is 2.29 bits per heavy atom. The van der Waals surface area contributed by atoms with Crippen molar-refractivity contribution in [2.75, 3.05) is 6.54 Å². The zero-order valence-electron chi connectivity index (χ0n) is 8.90. The van der Waals surface area contributed by atoms with Gasteiger partial charge in [-0.25, -0.2) is 0 Å². The summed E-state index contributed by atoms with van der Waals surface area (Å²) in [6, 6.07) is 0.804. The molecule has 7 heteroatoms. The minimum atomic E-state index is -0.679. The summed E-state index contributed by atoms with van der Waals surface area (Å²) in [6.07, 6.45) is 1.35. The van der Waals surface area contributed by atoms with Crippen molar-refractivity contribution in [2.24, 2.45) is 0 Å². The summed E-state index contributed by atoms with van der Waals surface area (Å²) < 4.78 is 5.23. The second kappa shape index (κ2) is 4.33. The van der Waals surface area contributed by atoms with Gasteiger partial charge in [0.15, 0.2) is 4.67 Å². The van der Waals surface area contributed by atoms with Gasteiger partial charge in [-0.1, -0.05) is 0 Å². The van der Waals surface area contributed by atoms with Crippen molar-refractivity contribution in [3.63, 3.8) is 0 Å². The van der Waals surface area contributed by atoms with Crippen LogP contribution in [0, 0.1) is 0 Å². The van der Waals surface area contributed by atoms with Crippen LogP contribution in [0.15, 0.2) is 21.4 Å². The number of halogens is 1. The topological polar surface area (TPSA) is 79.6 Å². The fourth-order valence-electron chi connectivity index (χ4n) is 1.56. The van der Waals surface area contributed by atoms with Crippen LogP contribution < -0.4 is 5.32 Å². The highest BCUT2D eigenvalue weighted by molar-refractivity contribution is 9.10. The van der Waals surface area contributed by atoms with Gasteiger partial charge in [0.1, 0.15) is 12.6 Å². The SMILES string of the molecule is CC1C(=O)NC(=O)CN1C(=O)c1ccoc1Br. The van der Waals surface area contributed by atoms with Crippen LogP contribution in [-0.2, 0) is 9.59 Å². The highest BCUT2D eigenvalue weighted by atomic mass is 79.9. The summed E-state index contributed by atoms with van der Waals surface area (Å²) in [5.74, 6) is -1.38. The van der Waals surface area contributed by atoms with Crippen LogP contribution >= 0.6 is 15.9 Å². The molecule has 1 aromatic rings. The van der Waals surface area contributed by atoms with E-state index in [9.17, 15) is 14.4 Å². The molecule has 0 radical (unpaired) electrons. The maximum absolute atomic E-state index is 12.1. The number of carbonyl (C=O) groups excluding carboxylic acids is 3. The van der Waals surface area contributed by atoms with Gasteiger partial charge in [-0.15, -0.1) is 0 Å². The molecule has 1 saturated heterocycles. The molecule has 2 heterocycles. The average molecular weight is 301 g/mol. The van der Waals surface area contributed by atoms with Crippen molar-refractivity contribution in [2.45, 2.75) is 13.0 Å². The van der Waals surface area contributed by atoms with Crippen molar-refractivity contribution in [1.29, 1.82) is 0 Å². The number of rotatable bonds is 1. The normalized spacial score (nSPS) is 20.4. The molecular formula is C10H9BrN2O4. The molecule has 1 aliphatic heterocycles. The zero-order chi connectivity index (χ0) is 12.6. The lowest BCUT2D eigenvalue weighted by Gasteiger charge is -2.31. The van der Waals surface area contributed by atoms with Crippen molar-refractivity contribution < 1.29 is 18.8 Å². The van der Waals surface area contributed by atoms with E-state index in [0.717, 1.165) is 0 Å². The van der Waals surface area contributed by atoms with E-state index >= 15 is 0 Å². The lowest BCUT2D eigenvalue weighted by atomic mass is 10.1. The van der Waals surface area contributed by atoms with Crippen LogP contribution in [0.5, 0.6) is 0 Å². The second-order valence-electron chi connectivity index (χ2n) is 3.63. The fourth-order valence-corrected chi connectivity index (χ4v) is 1.97. The predicted octanol–water partition coefficient (Wildman–Crippen LogP) is 0.529. The molecule has 1 aliphatic rings. The van der Waals surface area contributed by atoms with Gasteiger partial charge in [0.25, 0.3) is 5.91 Å². The highest BCUT2D eigenvalue weighted by Crippen LogP contribution is 2.21. The van der Waals surface area contributed by atoms with E-state index < -0.39 is 23.8 Å². The molecule has 17 heavy (non-hydrogen) atoms. The predicted molar refractivity (Wildman–Crippen MR) is 60.1 cm³/mol. The Morgan fingerprint density at radius 1 is 1.59 bits per heavy atom. The number of nitrogens with zero attached hydrogens (tertiary/aromatic N) is 1. The van der Waals surface area contributed by atoms with Crippen molar-refractivity contribution >= 4 is 33.7 Å². The lowest BCUT2D eigenvalue weighted by molar-refractivity contribution is -0.138. The molecule has 1 fully saturated rings. The Labute approximate surface area is 105 Å². The molecule has 0 aromatic carbocycles. The summed E-state index contributed by atoms with van der Waals surface area (Å²) in [6.45, 7) is 1.43. The van der Waals surface area contributed by atoms with E-state index in [-0.39, 0.29) is 11.2 Å².